The van der Waals surface area contributed by atoms with Crippen LogP contribution in [0.4, 0.5) is 0 Å². The van der Waals surface area contributed by atoms with E-state index >= 15 is 0 Å². The van der Waals surface area contributed by atoms with E-state index in [1.807, 2.05) is 0 Å². The summed E-state index contributed by atoms with van der Waals surface area (Å²) in [6, 6.07) is 5.00. The van der Waals surface area contributed by atoms with Gasteiger partial charge < -0.3 is 10.3 Å². The standard InChI is InChI=1S/C9H12NO5P/c1-6(10)9(11)7-4-2-3-5-8(7)15-16(12,13)14/h2-6H,10H2,1H3,(H2,12,13,14). The Balaban J connectivity index is 3.11. The van der Waals surface area contributed by atoms with Crippen molar-refractivity contribution in [2.24, 2.45) is 5.73 Å². The van der Waals surface area contributed by atoms with Crippen LogP contribution in [0.25, 0.3) is 0 Å². The lowest BCUT2D eigenvalue weighted by Crippen LogP contribution is -2.26. The Morgan fingerprint density at radius 2 is 2.00 bits per heavy atom. The molecule has 0 aliphatic carbocycles. The van der Waals surface area contributed by atoms with Crippen molar-refractivity contribution in [2.45, 2.75) is 13.0 Å². The summed E-state index contributed by atoms with van der Waals surface area (Å²) in [4.78, 5) is 28.9. The molecule has 6 nitrogen and oxygen atoms in total. The molecule has 1 unspecified atom stereocenters. The Morgan fingerprint density at radius 1 is 1.44 bits per heavy atom. The Hall–Kier alpha value is -1.20. The maximum Gasteiger partial charge on any atom is 0.524 e. The van der Waals surface area contributed by atoms with Crippen LogP contribution in [0.3, 0.4) is 0 Å². The Kier molecular flexibility index (Phi) is 3.83. The average Bonchev–Trinajstić information content (AvgIpc) is 2.15. The van der Waals surface area contributed by atoms with Gasteiger partial charge in [-0.2, -0.15) is 0 Å². The molecule has 16 heavy (non-hydrogen) atoms. The van der Waals surface area contributed by atoms with Gasteiger partial charge >= 0.3 is 7.82 Å². The molecule has 0 radical (unpaired) electrons. The molecule has 0 saturated carbocycles. The van der Waals surface area contributed by atoms with Crippen LogP contribution in [-0.2, 0) is 4.57 Å². The van der Waals surface area contributed by atoms with Gasteiger partial charge in [0.05, 0.1) is 11.6 Å². The van der Waals surface area contributed by atoms with E-state index in [1.165, 1.54) is 25.1 Å². The molecule has 0 aliphatic rings. The molecule has 0 aromatic heterocycles. The van der Waals surface area contributed by atoms with Crippen molar-refractivity contribution in [1.82, 2.24) is 0 Å². The zero-order chi connectivity index (χ0) is 12.3. The summed E-state index contributed by atoms with van der Waals surface area (Å²) in [5, 5.41) is 0. The van der Waals surface area contributed by atoms with Crippen molar-refractivity contribution in [3.8, 4) is 5.75 Å². The van der Waals surface area contributed by atoms with Crippen LogP contribution in [0.15, 0.2) is 24.3 Å². The van der Waals surface area contributed by atoms with E-state index in [1.54, 1.807) is 6.07 Å². The number of hydrogen-bond donors (Lipinski definition) is 3. The quantitative estimate of drug-likeness (QED) is 0.531. The minimum absolute atomic E-state index is 0.0563. The van der Waals surface area contributed by atoms with Crippen LogP contribution in [0.2, 0.25) is 0 Å². The first-order chi connectivity index (χ1) is 7.31. The van der Waals surface area contributed by atoms with Crippen LogP contribution in [0.5, 0.6) is 5.75 Å². The predicted molar refractivity (Wildman–Crippen MR) is 57.1 cm³/mol. The summed E-state index contributed by atoms with van der Waals surface area (Å²) < 4.78 is 15.1. The van der Waals surface area contributed by atoms with Gasteiger partial charge in [-0.3, -0.25) is 14.6 Å². The highest BCUT2D eigenvalue weighted by atomic mass is 31.2. The second-order valence-corrected chi connectivity index (χ2v) is 4.39. The largest absolute Gasteiger partial charge is 0.524 e. The van der Waals surface area contributed by atoms with E-state index in [9.17, 15) is 9.36 Å². The average molecular weight is 245 g/mol. The Morgan fingerprint density at radius 3 is 2.50 bits per heavy atom. The highest BCUT2D eigenvalue weighted by molar-refractivity contribution is 7.46. The number of carbonyl (C=O) groups excluding carboxylic acids is 1. The van der Waals surface area contributed by atoms with Crippen molar-refractivity contribution in [1.29, 1.82) is 0 Å². The molecule has 0 heterocycles. The molecule has 0 fully saturated rings. The van der Waals surface area contributed by atoms with Gasteiger partial charge in [-0.15, -0.1) is 0 Å². The summed E-state index contributed by atoms with van der Waals surface area (Å²) >= 11 is 0. The van der Waals surface area contributed by atoms with Crippen molar-refractivity contribution in [3.05, 3.63) is 29.8 Å². The first kappa shape index (κ1) is 12.9. The zero-order valence-corrected chi connectivity index (χ0v) is 9.42. The van der Waals surface area contributed by atoms with Crippen molar-refractivity contribution in [2.75, 3.05) is 0 Å². The number of carbonyl (C=O) groups is 1. The molecule has 7 heteroatoms. The lowest BCUT2D eigenvalue weighted by atomic mass is 10.1. The van der Waals surface area contributed by atoms with Crippen LogP contribution < -0.4 is 10.3 Å². The van der Waals surface area contributed by atoms with E-state index < -0.39 is 19.6 Å². The summed E-state index contributed by atoms with van der Waals surface area (Å²) in [5.41, 5.74) is 5.46. The summed E-state index contributed by atoms with van der Waals surface area (Å²) in [6.45, 7) is 1.48. The van der Waals surface area contributed by atoms with Gasteiger partial charge in [0.25, 0.3) is 0 Å². The summed E-state index contributed by atoms with van der Waals surface area (Å²) in [5.74, 6) is -0.609. The molecule has 1 aromatic carbocycles. The van der Waals surface area contributed by atoms with E-state index in [0.717, 1.165) is 0 Å². The maximum atomic E-state index is 11.6. The summed E-state index contributed by atoms with van der Waals surface area (Å²) in [6.07, 6.45) is 0. The van der Waals surface area contributed by atoms with E-state index in [4.69, 9.17) is 15.5 Å². The number of Topliss-reactive ketones (excluding diaryl/α,β-unsaturated/α-hetero) is 1. The number of rotatable bonds is 4. The highest BCUT2D eigenvalue weighted by Gasteiger charge is 2.22. The molecular formula is C9H12NO5P. The van der Waals surface area contributed by atoms with Gasteiger partial charge in [0.15, 0.2) is 5.78 Å². The van der Waals surface area contributed by atoms with Crippen molar-refractivity contribution < 1.29 is 23.7 Å². The third-order valence-corrected chi connectivity index (χ3v) is 2.22. The molecule has 0 spiro atoms. The molecule has 0 saturated heterocycles. The fourth-order valence-corrected chi connectivity index (χ4v) is 1.54. The number of nitrogens with two attached hydrogens (primary N) is 1. The fraction of sp³-hybridized carbons (Fsp3) is 0.222. The molecule has 1 rings (SSSR count). The second kappa shape index (κ2) is 4.76. The van der Waals surface area contributed by atoms with Gasteiger partial charge in [-0.1, -0.05) is 12.1 Å². The number of phosphoric ester groups is 1. The van der Waals surface area contributed by atoms with Crippen molar-refractivity contribution >= 4 is 13.6 Å². The van der Waals surface area contributed by atoms with Crippen LogP contribution >= 0.6 is 7.82 Å². The minimum Gasteiger partial charge on any atom is -0.403 e. The number of benzene rings is 1. The molecule has 0 aliphatic heterocycles. The maximum absolute atomic E-state index is 11.6. The molecule has 4 N–H and O–H groups in total. The fourth-order valence-electron chi connectivity index (χ4n) is 1.12. The lowest BCUT2D eigenvalue weighted by molar-refractivity contribution is 0.0966. The first-order valence-electron chi connectivity index (χ1n) is 4.45. The molecule has 0 bridgehead atoms. The SMILES string of the molecule is CC(N)C(=O)c1ccccc1OP(=O)(O)O. The number of hydrogen-bond acceptors (Lipinski definition) is 4. The van der Waals surface area contributed by atoms with Crippen molar-refractivity contribution in [3.63, 3.8) is 0 Å². The molecule has 88 valence electrons. The van der Waals surface area contributed by atoms with Crippen LogP contribution in [0.1, 0.15) is 17.3 Å². The second-order valence-electron chi connectivity index (χ2n) is 3.23. The van der Waals surface area contributed by atoms with Crippen LogP contribution in [0, 0.1) is 0 Å². The van der Waals surface area contributed by atoms with Crippen LogP contribution in [-0.4, -0.2) is 21.6 Å². The number of phosphoric acid groups is 1. The molecular weight excluding hydrogens is 233 g/mol. The number of para-hydroxylation sites is 1. The van der Waals surface area contributed by atoms with E-state index in [0.29, 0.717) is 0 Å². The minimum atomic E-state index is -4.68. The summed E-state index contributed by atoms with van der Waals surface area (Å²) in [7, 11) is -4.68. The third-order valence-electron chi connectivity index (χ3n) is 1.78. The van der Waals surface area contributed by atoms with Gasteiger partial charge in [0, 0.05) is 0 Å². The molecule has 1 atom stereocenters. The first-order valence-corrected chi connectivity index (χ1v) is 5.98. The Bertz CT molecular complexity index is 439. The monoisotopic (exact) mass is 245 g/mol. The Labute approximate surface area is 92.3 Å². The zero-order valence-electron chi connectivity index (χ0n) is 8.53. The van der Waals surface area contributed by atoms with Gasteiger partial charge in [0.1, 0.15) is 5.75 Å². The predicted octanol–water partition coefficient (Wildman–Crippen LogP) is 0.688. The van der Waals surface area contributed by atoms with Gasteiger partial charge in [0.2, 0.25) is 0 Å². The van der Waals surface area contributed by atoms with E-state index in [-0.39, 0.29) is 11.3 Å². The van der Waals surface area contributed by atoms with Gasteiger partial charge in [-0.05, 0) is 19.1 Å². The third kappa shape index (κ3) is 3.43. The lowest BCUT2D eigenvalue weighted by Gasteiger charge is -2.12. The molecule has 0 amide bonds. The molecule has 1 aromatic rings. The smallest absolute Gasteiger partial charge is 0.403 e. The normalized spacial score (nSPS) is 13.2. The van der Waals surface area contributed by atoms with E-state index in [2.05, 4.69) is 4.52 Å². The van der Waals surface area contributed by atoms with Gasteiger partial charge in [-0.25, -0.2) is 4.57 Å². The highest BCUT2D eigenvalue weighted by Crippen LogP contribution is 2.39. The number of ketones is 1. The topological polar surface area (TPSA) is 110 Å².